The van der Waals surface area contributed by atoms with Crippen molar-refractivity contribution in [2.45, 2.75) is 41.0 Å². The zero-order valence-electron chi connectivity index (χ0n) is 7.02. The minimum atomic E-state index is 0. The molecule has 0 spiro atoms. The SMILES string of the molecule is CCC(C)(C)[C-](C)C.[Ni]. The van der Waals surface area contributed by atoms with Crippen LogP contribution in [0.15, 0.2) is 0 Å². The molecule has 0 atom stereocenters. The van der Waals surface area contributed by atoms with Gasteiger partial charge in [-0.05, 0) is 0 Å². The van der Waals surface area contributed by atoms with E-state index in [1.54, 1.807) is 0 Å². The van der Waals surface area contributed by atoms with Gasteiger partial charge < -0.3 is 5.92 Å². The van der Waals surface area contributed by atoms with Crippen molar-refractivity contribution >= 4 is 0 Å². The molecule has 0 rings (SSSR count). The quantitative estimate of drug-likeness (QED) is 0.443. The molecule has 1 heteroatoms. The van der Waals surface area contributed by atoms with E-state index in [4.69, 9.17) is 0 Å². The Morgan fingerprint density at radius 3 is 1.56 bits per heavy atom. The van der Waals surface area contributed by atoms with Crippen LogP contribution in [0.3, 0.4) is 0 Å². The monoisotopic (exact) mass is 171 g/mol. The van der Waals surface area contributed by atoms with E-state index in [1.165, 1.54) is 12.3 Å². The van der Waals surface area contributed by atoms with Gasteiger partial charge in [0.15, 0.2) is 0 Å². The van der Waals surface area contributed by atoms with Crippen molar-refractivity contribution in [3.05, 3.63) is 5.92 Å². The molecule has 60 valence electrons. The fourth-order valence-electron chi connectivity index (χ4n) is 0.354. The van der Waals surface area contributed by atoms with Gasteiger partial charge in [0.2, 0.25) is 0 Å². The van der Waals surface area contributed by atoms with Crippen LogP contribution in [0.2, 0.25) is 0 Å². The molecule has 0 aromatic heterocycles. The maximum Gasteiger partial charge on any atom is 0 e. The molecule has 0 heterocycles. The molecule has 0 saturated heterocycles. The Kier molecular flexibility index (Phi) is 5.87. The number of hydrogen-bond acceptors (Lipinski definition) is 0. The smallest absolute Gasteiger partial charge is 0 e. The van der Waals surface area contributed by atoms with Crippen LogP contribution in [0.25, 0.3) is 0 Å². The van der Waals surface area contributed by atoms with Gasteiger partial charge in [-0.3, -0.25) is 0 Å². The van der Waals surface area contributed by atoms with Gasteiger partial charge in [-0.2, -0.15) is 19.3 Å². The Labute approximate surface area is 69.3 Å². The number of rotatable bonds is 2. The molecule has 0 aromatic carbocycles. The van der Waals surface area contributed by atoms with Crippen molar-refractivity contribution in [2.75, 3.05) is 0 Å². The summed E-state index contributed by atoms with van der Waals surface area (Å²) in [6.45, 7) is 11.2. The molecule has 0 N–H and O–H groups in total. The molecule has 0 saturated carbocycles. The maximum atomic E-state index is 2.28. The van der Waals surface area contributed by atoms with Gasteiger partial charge in [0.1, 0.15) is 0 Å². The Morgan fingerprint density at radius 2 is 1.56 bits per heavy atom. The van der Waals surface area contributed by atoms with Crippen molar-refractivity contribution in [1.82, 2.24) is 0 Å². The molecule has 0 aliphatic rings. The fourth-order valence-corrected chi connectivity index (χ4v) is 0.354. The first-order chi connectivity index (χ1) is 3.50. The predicted molar refractivity (Wildman–Crippen MR) is 38.7 cm³/mol. The van der Waals surface area contributed by atoms with Crippen LogP contribution >= 0.6 is 0 Å². The normalized spacial score (nSPS) is 11.3. The zero-order valence-corrected chi connectivity index (χ0v) is 8.01. The summed E-state index contributed by atoms with van der Waals surface area (Å²) in [5.74, 6) is 1.53. The van der Waals surface area contributed by atoms with E-state index < -0.39 is 0 Å². The number of hydrogen-bond donors (Lipinski definition) is 0. The third-order valence-electron chi connectivity index (χ3n) is 2.24. The van der Waals surface area contributed by atoms with Gasteiger partial charge in [0, 0.05) is 16.5 Å². The molecule has 0 aromatic rings. The van der Waals surface area contributed by atoms with Crippen LogP contribution in [-0.4, -0.2) is 0 Å². The van der Waals surface area contributed by atoms with Crippen LogP contribution in [0, 0.1) is 11.3 Å². The van der Waals surface area contributed by atoms with Crippen LogP contribution in [0.5, 0.6) is 0 Å². The summed E-state index contributed by atoms with van der Waals surface area (Å²) in [6.07, 6.45) is 1.25. The van der Waals surface area contributed by atoms with E-state index in [2.05, 4.69) is 34.6 Å². The molecule has 9 heavy (non-hydrogen) atoms. The van der Waals surface area contributed by atoms with Gasteiger partial charge in [-0.1, -0.05) is 27.2 Å². The van der Waals surface area contributed by atoms with Gasteiger partial charge in [-0.15, -0.1) is 0 Å². The Bertz CT molecular complexity index is 65.0. The summed E-state index contributed by atoms with van der Waals surface area (Å²) in [6, 6.07) is 0. The summed E-state index contributed by atoms with van der Waals surface area (Å²) in [5.41, 5.74) is 0.458. The van der Waals surface area contributed by atoms with E-state index >= 15 is 0 Å². The average Bonchev–Trinajstić information content (AvgIpc) is 1.67. The molecular formula is C8H17Ni-. The predicted octanol–water partition coefficient (Wildman–Crippen LogP) is 3.03. The molecule has 0 amide bonds. The topological polar surface area (TPSA) is 0 Å². The second kappa shape index (κ2) is 4.33. The largest absolute Gasteiger partial charge is 0.314 e. The molecule has 0 bridgehead atoms. The minimum Gasteiger partial charge on any atom is -0.314 e. The zero-order chi connectivity index (χ0) is 6.78. The first kappa shape index (κ1) is 12.2. The molecular weight excluding hydrogens is 155 g/mol. The molecule has 0 unspecified atom stereocenters. The standard InChI is InChI=1S/C8H17.Ni/c1-6-8(4,5)7(2)3;/h6H2,1-5H3;/q-1;. The van der Waals surface area contributed by atoms with Crippen molar-refractivity contribution in [3.63, 3.8) is 0 Å². The van der Waals surface area contributed by atoms with Crippen molar-refractivity contribution in [2.24, 2.45) is 5.41 Å². The summed E-state index contributed by atoms with van der Waals surface area (Å²) in [5, 5.41) is 0. The van der Waals surface area contributed by atoms with E-state index in [9.17, 15) is 0 Å². The Balaban J connectivity index is 0. The third kappa shape index (κ3) is 3.97. The second-order valence-corrected chi connectivity index (χ2v) is 3.24. The first-order valence-electron chi connectivity index (χ1n) is 3.31. The third-order valence-corrected chi connectivity index (χ3v) is 2.24. The fraction of sp³-hybridized carbons (Fsp3) is 0.875. The molecule has 0 radical (unpaired) electrons. The van der Waals surface area contributed by atoms with E-state index in [1.807, 2.05) is 0 Å². The van der Waals surface area contributed by atoms with Crippen LogP contribution in [0.1, 0.15) is 41.0 Å². The van der Waals surface area contributed by atoms with Crippen molar-refractivity contribution in [1.29, 1.82) is 0 Å². The van der Waals surface area contributed by atoms with E-state index in [0.29, 0.717) is 5.41 Å². The van der Waals surface area contributed by atoms with Gasteiger partial charge in [0.05, 0.1) is 0 Å². The van der Waals surface area contributed by atoms with Crippen LogP contribution < -0.4 is 0 Å². The van der Waals surface area contributed by atoms with E-state index in [-0.39, 0.29) is 16.5 Å². The average molecular weight is 172 g/mol. The summed E-state index contributed by atoms with van der Waals surface area (Å²) in [4.78, 5) is 0. The Hall–Kier alpha value is 0.494. The van der Waals surface area contributed by atoms with Gasteiger partial charge in [0.25, 0.3) is 0 Å². The second-order valence-electron chi connectivity index (χ2n) is 3.24. The van der Waals surface area contributed by atoms with Gasteiger partial charge in [-0.25, -0.2) is 0 Å². The first-order valence-corrected chi connectivity index (χ1v) is 3.31. The summed E-state index contributed by atoms with van der Waals surface area (Å²) < 4.78 is 0. The molecule has 0 aliphatic heterocycles. The molecule has 0 fully saturated rings. The minimum absolute atomic E-state index is 0. The van der Waals surface area contributed by atoms with Crippen LogP contribution in [0.4, 0.5) is 0 Å². The summed E-state index contributed by atoms with van der Waals surface area (Å²) >= 11 is 0. The van der Waals surface area contributed by atoms with Crippen LogP contribution in [-0.2, 0) is 16.5 Å². The van der Waals surface area contributed by atoms with Crippen molar-refractivity contribution < 1.29 is 16.5 Å². The Morgan fingerprint density at radius 1 is 1.22 bits per heavy atom. The molecule has 0 nitrogen and oxygen atoms in total. The maximum absolute atomic E-state index is 2.28. The van der Waals surface area contributed by atoms with E-state index in [0.717, 1.165) is 0 Å². The van der Waals surface area contributed by atoms with Gasteiger partial charge >= 0.3 is 0 Å². The summed E-state index contributed by atoms with van der Waals surface area (Å²) in [7, 11) is 0. The van der Waals surface area contributed by atoms with Crippen molar-refractivity contribution in [3.8, 4) is 0 Å². The molecule has 0 aliphatic carbocycles.